The van der Waals surface area contributed by atoms with Crippen LogP contribution in [0.15, 0.2) is 46.9 Å². The first-order valence-electron chi connectivity index (χ1n) is 11.0. The molecule has 1 heterocycles. The van der Waals surface area contributed by atoms with Crippen molar-refractivity contribution in [2.24, 2.45) is 11.8 Å². The average Bonchev–Trinajstić information content (AvgIpc) is 2.75. The lowest BCUT2D eigenvalue weighted by molar-refractivity contribution is 0.0697. The number of benzene rings is 2. The molecule has 0 saturated carbocycles. The van der Waals surface area contributed by atoms with Crippen LogP contribution in [-0.2, 0) is 0 Å². The van der Waals surface area contributed by atoms with Crippen LogP contribution in [0.25, 0.3) is 0 Å². The lowest BCUT2D eigenvalue weighted by Gasteiger charge is -2.30. The molecule has 166 valence electrons. The van der Waals surface area contributed by atoms with E-state index < -0.39 is 0 Å². The molecule has 2 amide bonds. The fourth-order valence-corrected chi connectivity index (χ4v) is 3.98. The maximum absolute atomic E-state index is 12.8. The number of carbonyl (C=O) groups excluding carboxylic acids is 2. The summed E-state index contributed by atoms with van der Waals surface area (Å²) < 4.78 is 6.53. The highest BCUT2D eigenvalue weighted by molar-refractivity contribution is 9.10. The average molecular weight is 487 g/mol. The SMILES string of the molecule is CC(C)CCOc1ccc(C(=O)Nc2cccc(C(=O)N3CCC(C)CC3)c2)cc1Br. The van der Waals surface area contributed by atoms with E-state index in [2.05, 4.69) is 42.0 Å². The summed E-state index contributed by atoms with van der Waals surface area (Å²) in [5, 5.41) is 2.90. The summed E-state index contributed by atoms with van der Waals surface area (Å²) in [6.07, 6.45) is 3.04. The van der Waals surface area contributed by atoms with Gasteiger partial charge in [0.1, 0.15) is 5.75 Å². The number of carbonyl (C=O) groups is 2. The number of likely N-dealkylation sites (tertiary alicyclic amines) is 1. The monoisotopic (exact) mass is 486 g/mol. The zero-order chi connectivity index (χ0) is 22.4. The summed E-state index contributed by atoms with van der Waals surface area (Å²) in [7, 11) is 0. The van der Waals surface area contributed by atoms with Crippen LogP contribution in [0.3, 0.4) is 0 Å². The predicted octanol–water partition coefficient (Wildman–Crippen LogP) is 6.00. The Bertz CT molecular complexity index is 921. The summed E-state index contributed by atoms with van der Waals surface area (Å²) in [5.41, 5.74) is 1.72. The molecule has 1 aliphatic heterocycles. The van der Waals surface area contributed by atoms with Crippen LogP contribution in [0.4, 0.5) is 5.69 Å². The fourth-order valence-electron chi connectivity index (χ4n) is 3.49. The lowest BCUT2D eigenvalue weighted by atomic mass is 9.98. The maximum atomic E-state index is 12.8. The van der Waals surface area contributed by atoms with Gasteiger partial charge < -0.3 is 15.0 Å². The van der Waals surface area contributed by atoms with Crippen molar-refractivity contribution in [3.05, 3.63) is 58.1 Å². The third-order valence-electron chi connectivity index (χ3n) is 5.59. The molecular formula is C25H31BrN2O3. The first-order chi connectivity index (χ1) is 14.8. The molecule has 1 N–H and O–H groups in total. The standard InChI is InChI=1S/C25H31BrN2O3/c1-17(2)11-14-31-23-8-7-19(16-22(23)26)24(29)27-21-6-4-5-20(15-21)25(30)28-12-9-18(3)10-13-28/h4-8,15-18H,9-14H2,1-3H3,(H,27,29). The molecule has 6 heteroatoms. The lowest BCUT2D eigenvalue weighted by Crippen LogP contribution is -2.37. The minimum absolute atomic E-state index is 0.0219. The van der Waals surface area contributed by atoms with Crippen LogP contribution in [0.5, 0.6) is 5.75 Å². The fraction of sp³-hybridized carbons (Fsp3) is 0.440. The molecule has 0 unspecified atom stereocenters. The second-order valence-electron chi connectivity index (χ2n) is 8.69. The van der Waals surface area contributed by atoms with Crippen molar-refractivity contribution in [2.45, 2.75) is 40.0 Å². The van der Waals surface area contributed by atoms with E-state index in [1.54, 1.807) is 42.5 Å². The smallest absolute Gasteiger partial charge is 0.255 e. The zero-order valence-corrected chi connectivity index (χ0v) is 20.1. The van der Waals surface area contributed by atoms with Crippen molar-refractivity contribution in [1.29, 1.82) is 0 Å². The predicted molar refractivity (Wildman–Crippen MR) is 128 cm³/mol. The molecule has 0 radical (unpaired) electrons. The maximum Gasteiger partial charge on any atom is 0.255 e. The van der Waals surface area contributed by atoms with Crippen LogP contribution in [0.2, 0.25) is 0 Å². The van der Waals surface area contributed by atoms with E-state index in [0.717, 1.165) is 42.6 Å². The minimum Gasteiger partial charge on any atom is -0.492 e. The molecule has 0 atom stereocenters. The Morgan fingerprint density at radius 1 is 1.13 bits per heavy atom. The Kier molecular flexibility index (Phi) is 8.13. The topological polar surface area (TPSA) is 58.6 Å². The highest BCUT2D eigenvalue weighted by atomic mass is 79.9. The highest BCUT2D eigenvalue weighted by Gasteiger charge is 2.21. The number of rotatable bonds is 7. The molecule has 1 aliphatic rings. The second kappa shape index (κ2) is 10.8. The molecule has 31 heavy (non-hydrogen) atoms. The van der Waals surface area contributed by atoms with Crippen LogP contribution in [0, 0.1) is 11.8 Å². The molecule has 1 fully saturated rings. The Morgan fingerprint density at radius 2 is 1.87 bits per heavy atom. The Labute approximate surface area is 193 Å². The van der Waals surface area contributed by atoms with Crippen molar-refractivity contribution in [2.75, 3.05) is 25.0 Å². The molecule has 1 saturated heterocycles. The van der Waals surface area contributed by atoms with E-state index in [4.69, 9.17) is 4.74 Å². The van der Waals surface area contributed by atoms with Gasteiger partial charge in [-0.25, -0.2) is 0 Å². The van der Waals surface area contributed by atoms with Gasteiger partial charge in [-0.15, -0.1) is 0 Å². The molecule has 3 rings (SSSR count). The van der Waals surface area contributed by atoms with Crippen molar-refractivity contribution in [1.82, 2.24) is 4.90 Å². The molecule has 2 aromatic carbocycles. The van der Waals surface area contributed by atoms with Crippen molar-refractivity contribution >= 4 is 33.4 Å². The van der Waals surface area contributed by atoms with Crippen molar-refractivity contribution < 1.29 is 14.3 Å². The van der Waals surface area contributed by atoms with E-state index in [1.165, 1.54) is 0 Å². The van der Waals surface area contributed by atoms with Gasteiger partial charge in [0.25, 0.3) is 11.8 Å². The number of nitrogens with zero attached hydrogens (tertiary/aromatic N) is 1. The molecule has 0 aromatic heterocycles. The number of nitrogens with one attached hydrogen (secondary N) is 1. The van der Waals surface area contributed by atoms with E-state index in [9.17, 15) is 9.59 Å². The largest absolute Gasteiger partial charge is 0.492 e. The van der Waals surface area contributed by atoms with Crippen LogP contribution in [0.1, 0.15) is 60.7 Å². The molecule has 0 spiro atoms. The van der Waals surface area contributed by atoms with Gasteiger partial charge in [0.15, 0.2) is 0 Å². The number of halogens is 1. The molecule has 2 aromatic rings. The number of hydrogen-bond donors (Lipinski definition) is 1. The van der Waals surface area contributed by atoms with E-state index in [-0.39, 0.29) is 11.8 Å². The van der Waals surface area contributed by atoms with Gasteiger partial charge in [0, 0.05) is 29.9 Å². The Hall–Kier alpha value is -2.34. The highest BCUT2D eigenvalue weighted by Crippen LogP contribution is 2.27. The minimum atomic E-state index is -0.231. The number of hydrogen-bond acceptors (Lipinski definition) is 3. The Morgan fingerprint density at radius 3 is 2.55 bits per heavy atom. The van der Waals surface area contributed by atoms with Gasteiger partial charge in [0.2, 0.25) is 0 Å². The molecule has 0 aliphatic carbocycles. The number of piperidine rings is 1. The van der Waals surface area contributed by atoms with E-state index in [0.29, 0.717) is 35.3 Å². The summed E-state index contributed by atoms with van der Waals surface area (Å²) >= 11 is 3.49. The molecule has 5 nitrogen and oxygen atoms in total. The van der Waals surface area contributed by atoms with Gasteiger partial charge in [-0.1, -0.05) is 26.8 Å². The number of amides is 2. The first-order valence-corrected chi connectivity index (χ1v) is 11.8. The van der Waals surface area contributed by atoms with Gasteiger partial charge in [-0.2, -0.15) is 0 Å². The van der Waals surface area contributed by atoms with Gasteiger partial charge >= 0.3 is 0 Å². The molecule has 0 bridgehead atoms. The quantitative estimate of drug-likeness (QED) is 0.521. The summed E-state index contributed by atoms with van der Waals surface area (Å²) in [4.78, 5) is 27.4. The van der Waals surface area contributed by atoms with E-state index >= 15 is 0 Å². The number of ether oxygens (including phenoxy) is 1. The van der Waals surface area contributed by atoms with Crippen molar-refractivity contribution in [3.8, 4) is 5.75 Å². The van der Waals surface area contributed by atoms with Crippen LogP contribution < -0.4 is 10.1 Å². The van der Waals surface area contributed by atoms with E-state index in [1.807, 2.05) is 4.90 Å². The summed E-state index contributed by atoms with van der Waals surface area (Å²) in [5.74, 6) is 1.76. The number of anilines is 1. The Balaban J connectivity index is 1.63. The zero-order valence-electron chi connectivity index (χ0n) is 18.5. The van der Waals surface area contributed by atoms with Crippen LogP contribution >= 0.6 is 15.9 Å². The summed E-state index contributed by atoms with van der Waals surface area (Å²) in [6, 6.07) is 12.4. The third-order valence-corrected chi connectivity index (χ3v) is 6.20. The first kappa shape index (κ1) is 23.3. The third kappa shape index (κ3) is 6.57. The van der Waals surface area contributed by atoms with Gasteiger partial charge in [-0.05, 0) is 83.4 Å². The summed E-state index contributed by atoms with van der Waals surface area (Å²) in [6.45, 7) is 8.74. The van der Waals surface area contributed by atoms with Crippen molar-refractivity contribution in [3.63, 3.8) is 0 Å². The van der Waals surface area contributed by atoms with Gasteiger partial charge in [-0.3, -0.25) is 9.59 Å². The van der Waals surface area contributed by atoms with Crippen LogP contribution in [-0.4, -0.2) is 36.4 Å². The normalized spacial score (nSPS) is 14.5. The van der Waals surface area contributed by atoms with Gasteiger partial charge in [0.05, 0.1) is 11.1 Å². The second-order valence-corrected chi connectivity index (χ2v) is 9.54. The molecular weight excluding hydrogens is 456 g/mol.